The molecule has 0 aliphatic carbocycles. The maximum Gasteiger partial charge on any atom is 0.314 e. The fourth-order valence-electron chi connectivity index (χ4n) is 1.63. The zero-order chi connectivity index (χ0) is 14.2. The van der Waals surface area contributed by atoms with Crippen LogP contribution >= 0.6 is 0 Å². The quantitative estimate of drug-likeness (QED) is 0.721. The molecule has 0 atom stereocenters. The fourth-order valence-corrected chi connectivity index (χ4v) is 1.63. The van der Waals surface area contributed by atoms with Crippen molar-refractivity contribution in [3.63, 3.8) is 0 Å². The van der Waals surface area contributed by atoms with Crippen molar-refractivity contribution < 1.29 is 23.7 Å². The first kappa shape index (κ1) is 14.3. The number of urea groups is 1. The SMILES string of the molecule is COCCNC(=O)NCCOc1ccc2c(c1)OCO2. The molecule has 2 rings (SSSR count). The van der Waals surface area contributed by atoms with E-state index in [0.717, 1.165) is 0 Å². The third-order valence-electron chi connectivity index (χ3n) is 2.59. The van der Waals surface area contributed by atoms with Gasteiger partial charge in [-0.2, -0.15) is 0 Å². The molecule has 0 radical (unpaired) electrons. The summed E-state index contributed by atoms with van der Waals surface area (Å²) in [5.41, 5.74) is 0. The summed E-state index contributed by atoms with van der Waals surface area (Å²) in [5.74, 6) is 2.07. The number of hydrogen-bond donors (Lipinski definition) is 2. The van der Waals surface area contributed by atoms with Crippen molar-refractivity contribution in [2.75, 3.05) is 40.2 Å². The van der Waals surface area contributed by atoms with Crippen LogP contribution in [0.25, 0.3) is 0 Å². The molecular formula is C13H18N2O5. The van der Waals surface area contributed by atoms with Crippen molar-refractivity contribution in [3.8, 4) is 17.2 Å². The molecule has 7 nitrogen and oxygen atoms in total. The Morgan fingerprint density at radius 3 is 2.75 bits per heavy atom. The predicted molar refractivity (Wildman–Crippen MR) is 71.3 cm³/mol. The van der Waals surface area contributed by atoms with Gasteiger partial charge in [-0.1, -0.05) is 0 Å². The molecule has 2 amide bonds. The molecule has 0 spiro atoms. The van der Waals surface area contributed by atoms with Crippen LogP contribution in [0.15, 0.2) is 18.2 Å². The van der Waals surface area contributed by atoms with Gasteiger partial charge >= 0.3 is 6.03 Å². The summed E-state index contributed by atoms with van der Waals surface area (Å²) in [6.07, 6.45) is 0. The molecular weight excluding hydrogens is 264 g/mol. The smallest absolute Gasteiger partial charge is 0.314 e. The van der Waals surface area contributed by atoms with Crippen LogP contribution in [0.1, 0.15) is 0 Å². The molecule has 0 saturated carbocycles. The minimum absolute atomic E-state index is 0.238. The molecule has 20 heavy (non-hydrogen) atoms. The fraction of sp³-hybridized carbons (Fsp3) is 0.462. The van der Waals surface area contributed by atoms with Crippen LogP contribution in [-0.4, -0.2) is 46.2 Å². The summed E-state index contributed by atoms with van der Waals surface area (Å²) >= 11 is 0. The van der Waals surface area contributed by atoms with Crippen LogP contribution in [0.4, 0.5) is 4.79 Å². The standard InChI is InChI=1S/C13H18N2O5/c1-17-6-4-14-13(16)15-5-7-18-10-2-3-11-12(8-10)20-9-19-11/h2-3,8H,4-7,9H2,1H3,(H2,14,15,16). The maximum absolute atomic E-state index is 11.3. The maximum atomic E-state index is 11.3. The molecule has 0 fully saturated rings. The van der Waals surface area contributed by atoms with Gasteiger partial charge in [-0.05, 0) is 12.1 Å². The van der Waals surface area contributed by atoms with Gasteiger partial charge < -0.3 is 29.6 Å². The van der Waals surface area contributed by atoms with Crippen LogP contribution in [-0.2, 0) is 4.74 Å². The first-order valence-electron chi connectivity index (χ1n) is 6.32. The zero-order valence-corrected chi connectivity index (χ0v) is 11.3. The molecule has 1 aliphatic rings. The zero-order valence-electron chi connectivity index (χ0n) is 11.3. The van der Waals surface area contributed by atoms with Crippen molar-refractivity contribution >= 4 is 6.03 Å². The van der Waals surface area contributed by atoms with Gasteiger partial charge in [0.05, 0.1) is 13.2 Å². The molecule has 7 heteroatoms. The predicted octanol–water partition coefficient (Wildman–Crippen LogP) is 0.740. The van der Waals surface area contributed by atoms with Gasteiger partial charge in [-0.15, -0.1) is 0 Å². The number of methoxy groups -OCH3 is 1. The van der Waals surface area contributed by atoms with E-state index in [1.54, 1.807) is 25.3 Å². The molecule has 110 valence electrons. The van der Waals surface area contributed by atoms with E-state index in [-0.39, 0.29) is 12.8 Å². The number of benzene rings is 1. The molecule has 2 N–H and O–H groups in total. The third kappa shape index (κ3) is 4.20. The third-order valence-corrected chi connectivity index (χ3v) is 2.59. The van der Waals surface area contributed by atoms with E-state index in [9.17, 15) is 4.79 Å². The second-order valence-electron chi connectivity index (χ2n) is 4.04. The molecule has 1 aromatic rings. The molecule has 1 aliphatic heterocycles. The number of carbonyl (C=O) groups excluding carboxylic acids is 1. The lowest BCUT2D eigenvalue weighted by Crippen LogP contribution is -2.39. The van der Waals surface area contributed by atoms with Crippen molar-refractivity contribution in [2.45, 2.75) is 0 Å². The average Bonchev–Trinajstić information content (AvgIpc) is 2.91. The normalized spacial score (nSPS) is 12.1. The van der Waals surface area contributed by atoms with E-state index >= 15 is 0 Å². The highest BCUT2D eigenvalue weighted by Gasteiger charge is 2.13. The number of nitrogens with one attached hydrogen (secondary N) is 2. The molecule has 0 aromatic heterocycles. The Balaban J connectivity index is 1.62. The summed E-state index contributed by atoms with van der Waals surface area (Å²) in [7, 11) is 1.58. The van der Waals surface area contributed by atoms with Gasteiger partial charge in [0, 0.05) is 19.7 Å². The lowest BCUT2D eigenvalue weighted by molar-refractivity contribution is 0.173. The number of amides is 2. The van der Waals surface area contributed by atoms with E-state index in [0.29, 0.717) is 43.6 Å². The molecule has 0 saturated heterocycles. The summed E-state index contributed by atoms with van der Waals surface area (Å²) in [6.45, 7) is 1.99. The Morgan fingerprint density at radius 2 is 1.95 bits per heavy atom. The highest BCUT2D eigenvalue weighted by molar-refractivity contribution is 5.73. The minimum Gasteiger partial charge on any atom is -0.492 e. The van der Waals surface area contributed by atoms with Crippen LogP contribution in [0.3, 0.4) is 0 Å². The van der Waals surface area contributed by atoms with Crippen molar-refractivity contribution in [1.29, 1.82) is 0 Å². The Morgan fingerprint density at radius 1 is 1.20 bits per heavy atom. The second-order valence-corrected chi connectivity index (χ2v) is 4.04. The number of hydrogen-bond acceptors (Lipinski definition) is 5. The van der Waals surface area contributed by atoms with E-state index < -0.39 is 0 Å². The first-order chi connectivity index (χ1) is 9.79. The number of fused-ring (bicyclic) bond motifs is 1. The highest BCUT2D eigenvalue weighted by Crippen LogP contribution is 2.34. The minimum atomic E-state index is -0.240. The number of rotatable bonds is 7. The second kappa shape index (κ2) is 7.44. The molecule has 1 heterocycles. The van der Waals surface area contributed by atoms with E-state index in [1.807, 2.05) is 0 Å². The van der Waals surface area contributed by atoms with Crippen LogP contribution in [0.2, 0.25) is 0 Å². The summed E-state index contributed by atoms with van der Waals surface area (Å²) in [4.78, 5) is 11.3. The Hall–Kier alpha value is -2.15. The van der Waals surface area contributed by atoms with Crippen molar-refractivity contribution in [2.24, 2.45) is 0 Å². The van der Waals surface area contributed by atoms with E-state index in [1.165, 1.54) is 0 Å². The summed E-state index contributed by atoms with van der Waals surface area (Å²) in [6, 6.07) is 5.12. The van der Waals surface area contributed by atoms with Crippen LogP contribution in [0, 0.1) is 0 Å². The largest absolute Gasteiger partial charge is 0.492 e. The summed E-state index contributed by atoms with van der Waals surface area (Å²) < 4.78 is 20.8. The Labute approximate surface area is 117 Å². The Kier molecular flexibility index (Phi) is 5.31. The monoisotopic (exact) mass is 282 g/mol. The molecule has 1 aromatic carbocycles. The van der Waals surface area contributed by atoms with E-state index in [4.69, 9.17) is 18.9 Å². The lowest BCUT2D eigenvalue weighted by atomic mass is 10.3. The van der Waals surface area contributed by atoms with Gasteiger partial charge in [0.25, 0.3) is 0 Å². The van der Waals surface area contributed by atoms with Gasteiger partial charge in [0.2, 0.25) is 6.79 Å². The number of carbonyl (C=O) groups is 1. The molecule has 0 bridgehead atoms. The topological polar surface area (TPSA) is 78.1 Å². The van der Waals surface area contributed by atoms with E-state index in [2.05, 4.69) is 10.6 Å². The average molecular weight is 282 g/mol. The first-order valence-corrected chi connectivity index (χ1v) is 6.32. The molecule has 0 unspecified atom stereocenters. The van der Waals surface area contributed by atoms with Crippen LogP contribution < -0.4 is 24.8 Å². The summed E-state index contributed by atoms with van der Waals surface area (Å²) in [5, 5.41) is 5.33. The number of ether oxygens (including phenoxy) is 4. The van der Waals surface area contributed by atoms with Crippen LogP contribution in [0.5, 0.6) is 17.2 Å². The van der Waals surface area contributed by atoms with Gasteiger partial charge in [0.1, 0.15) is 12.4 Å². The van der Waals surface area contributed by atoms with Crippen molar-refractivity contribution in [1.82, 2.24) is 10.6 Å². The van der Waals surface area contributed by atoms with Gasteiger partial charge in [-0.3, -0.25) is 0 Å². The van der Waals surface area contributed by atoms with Gasteiger partial charge in [0.15, 0.2) is 11.5 Å². The Bertz CT molecular complexity index is 452. The van der Waals surface area contributed by atoms with Crippen molar-refractivity contribution in [3.05, 3.63) is 18.2 Å². The lowest BCUT2D eigenvalue weighted by Gasteiger charge is -2.09. The highest BCUT2D eigenvalue weighted by atomic mass is 16.7. The van der Waals surface area contributed by atoms with Gasteiger partial charge in [-0.25, -0.2) is 4.79 Å².